The standard InChI is InChI=1S/C13H11ClN4O/c1-8-3-4-10(14)5-11(8)13(19)17-12-9(6-15)7-16-18(12)2/h3-5,7H,1-2H3,(H,17,19). The minimum Gasteiger partial charge on any atom is -0.306 e. The summed E-state index contributed by atoms with van der Waals surface area (Å²) in [6, 6.07) is 7.06. The van der Waals surface area contributed by atoms with Gasteiger partial charge in [-0.3, -0.25) is 9.48 Å². The number of aromatic nitrogens is 2. The van der Waals surface area contributed by atoms with E-state index in [2.05, 4.69) is 10.4 Å². The van der Waals surface area contributed by atoms with Gasteiger partial charge in [-0.25, -0.2) is 0 Å². The van der Waals surface area contributed by atoms with Crippen LogP contribution in [0.1, 0.15) is 21.5 Å². The Bertz CT molecular complexity index is 684. The van der Waals surface area contributed by atoms with Crippen LogP contribution in [0.5, 0.6) is 0 Å². The van der Waals surface area contributed by atoms with Crippen molar-refractivity contribution in [1.82, 2.24) is 9.78 Å². The van der Waals surface area contributed by atoms with Gasteiger partial charge in [0, 0.05) is 17.6 Å². The van der Waals surface area contributed by atoms with Gasteiger partial charge in [0.1, 0.15) is 17.5 Å². The van der Waals surface area contributed by atoms with Crippen molar-refractivity contribution >= 4 is 23.3 Å². The lowest BCUT2D eigenvalue weighted by Crippen LogP contribution is -2.16. The number of hydrogen-bond acceptors (Lipinski definition) is 3. The number of carbonyl (C=O) groups is 1. The zero-order valence-corrected chi connectivity index (χ0v) is 11.2. The Hall–Kier alpha value is -2.32. The third-order valence-electron chi connectivity index (χ3n) is 2.74. The summed E-state index contributed by atoms with van der Waals surface area (Å²) in [5, 5.41) is 16.0. The van der Waals surface area contributed by atoms with E-state index < -0.39 is 0 Å². The molecule has 0 atom stereocenters. The fourth-order valence-corrected chi connectivity index (χ4v) is 1.85. The number of nitriles is 1. The Labute approximate surface area is 115 Å². The minimum absolute atomic E-state index is 0.315. The van der Waals surface area contributed by atoms with Gasteiger partial charge in [-0.15, -0.1) is 0 Å². The van der Waals surface area contributed by atoms with Gasteiger partial charge < -0.3 is 5.32 Å². The van der Waals surface area contributed by atoms with E-state index in [4.69, 9.17) is 16.9 Å². The summed E-state index contributed by atoms with van der Waals surface area (Å²) in [7, 11) is 1.65. The first-order chi connectivity index (χ1) is 9.02. The van der Waals surface area contributed by atoms with Gasteiger partial charge >= 0.3 is 0 Å². The van der Waals surface area contributed by atoms with Crippen LogP contribution in [0.3, 0.4) is 0 Å². The van der Waals surface area contributed by atoms with E-state index >= 15 is 0 Å². The number of amides is 1. The predicted octanol–water partition coefficient (Wildman–Crippen LogP) is 2.51. The number of hydrogen-bond donors (Lipinski definition) is 1. The Morgan fingerprint density at radius 3 is 2.95 bits per heavy atom. The molecule has 19 heavy (non-hydrogen) atoms. The monoisotopic (exact) mass is 274 g/mol. The summed E-state index contributed by atoms with van der Waals surface area (Å²) in [5.74, 6) is 0.0481. The SMILES string of the molecule is Cc1ccc(Cl)cc1C(=O)Nc1c(C#N)cnn1C. The number of carbonyl (C=O) groups excluding carboxylic acids is 1. The largest absolute Gasteiger partial charge is 0.306 e. The van der Waals surface area contributed by atoms with Crippen LogP contribution in [-0.2, 0) is 7.05 Å². The van der Waals surface area contributed by atoms with E-state index in [1.807, 2.05) is 13.0 Å². The molecule has 1 heterocycles. The highest BCUT2D eigenvalue weighted by molar-refractivity contribution is 6.31. The molecule has 0 saturated heterocycles. The summed E-state index contributed by atoms with van der Waals surface area (Å²) < 4.78 is 1.44. The number of benzene rings is 1. The van der Waals surface area contributed by atoms with Gasteiger partial charge in [0.2, 0.25) is 0 Å². The molecule has 0 aliphatic heterocycles. The maximum Gasteiger partial charge on any atom is 0.257 e. The Kier molecular flexibility index (Phi) is 3.54. The summed E-state index contributed by atoms with van der Waals surface area (Å²) in [5.41, 5.74) is 1.59. The van der Waals surface area contributed by atoms with Crippen molar-refractivity contribution in [2.75, 3.05) is 5.32 Å². The van der Waals surface area contributed by atoms with Gasteiger partial charge in [-0.1, -0.05) is 17.7 Å². The van der Waals surface area contributed by atoms with Crippen molar-refractivity contribution in [2.24, 2.45) is 7.05 Å². The highest BCUT2D eigenvalue weighted by atomic mass is 35.5. The molecule has 96 valence electrons. The molecule has 1 aromatic carbocycles. The van der Waals surface area contributed by atoms with E-state index in [1.54, 1.807) is 25.2 Å². The van der Waals surface area contributed by atoms with E-state index in [-0.39, 0.29) is 5.91 Å². The van der Waals surface area contributed by atoms with Crippen LogP contribution >= 0.6 is 11.6 Å². The van der Waals surface area contributed by atoms with Crippen molar-refractivity contribution in [2.45, 2.75) is 6.92 Å². The fourth-order valence-electron chi connectivity index (χ4n) is 1.68. The first-order valence-corrected chi connectivity index (χ1v) is 5.90. The first kappa shape index (κ1) is 13.1. The topological polar surface area (TPSA) is 70.7 Å². The molecule has 6 heteroatoms. The molecule has 2 rings (SSSR count). The summed E-state index contributed by atoms with van der Waals surface area (Å²) in [6.07, 6.45) is 1.40. The third-order valence-corrected chi connectivity index (χ3v) is 2.97. The third kappa shape index (κ3) is 2.59. The second kappa shape index (κ2) is 5.12. The first-order valence-electron chi connectivity index (χ1n) is 5.52. The van der Waals surface area contributed by atoms with Crippen molar-refractivity contribution < 1.29 is 4.79 Å². The molecule has 1 N–H and O–H groups in total. The number of nitrogens with zero attached hydrogens (tertiary/aromatic N) is 3. The highest BCUT2D eigenvalue weighted by Crippen LogP contribution is 2.18. The second-order valence-electron chi connectivity index (χ2n) is 4.06. The lowest BCUT2D eigenvalue weighted by atomic mass is 10.1. The Morgan fingerprint density at radius 1 is 1.53 bits per heavy atom. The van der Waals surface area contributed by atoms with Crippen LogP contribution in [0.15, 0.2) is 24.4 Å². The molecular weight excluding hydrogens is 264 g/mol. The van der Waals surface area contributed by atoms with E-state index in [9.17, 15) is 4.79 Å². The molecular formula is C13H11ClN4O. The van der Waals surface area contributed by atoms with Crippen LogP contribution in [0.2, 0.25) is 5.02 Å². The maximum atomic E-state index is 12.2. The average molecular weight is 275 g/mol. The minimum atomic E-state index is -0.319. The molecule has 0 bridgehead atoms. The zero-order valence-electron chi connectivity index (χ0n) is 10.4. The summed E-state index contributed by atoms with van der Waals surface area (Å²) >= 11 is 5.88. The zero-order chi connectivity index (χ0) is 14.0. The Balaban J connectivity index is 2.34. The van der Waals surface area contributed by atoms with E-state index in [0.717, 1.165) is 5.56 Å². The van der Waals surface area contributed by atoms with Crippen molar-refractivity contribution in [3.05, 3.63) is 46.1 Å². The quantitative estimate of drug-likeness (QED) is 0.915. The van der Waals surface area contributed by atoms with Crippen LogP contribution in [0.25, 0.3) is 0 Å². The number of rotatable bonds is 2. The Morgan fingerprint density at radius 2 is 2.26 bits per heavy atom. The summed E-state index contributed by atoms with van der Waals surface area (Å²) in [4.78, 5) is 12.2. The van der Waals surface area contributed by atoms with Crippen LogP contribution in [0, 0.1) is 18.3 Å². The predicted molar refractivity (Wildman–Crippen MR) is 72.1 cm³/mol. The smallest absolute Gasteiger partial charge is 0.257 e. The lowest BCUT2D eigenvalue weighted by Gasteiger charge is -2.08. The maximum absolute atomic E-state index is 12.2. The van der Waals surface area contributed by atoms with Gasteiger partial charge in [0.25, 0.3) is 5.91 Å². The summed E-state index contributed by atoms with van der Waals surface area (Å²) in [6.45, 7) is 1.82. The molecule has 5 nitrogen and oxygen atoms in total. The number of nitrogens with one attached hydrogen (secondary N) is 1. The number of aryl methyl sites for hydroxylation is 2. The van der Waals surface area contributed by atoms with E-state index in [0.29, 0.717) is 22.0 Å². The molecule has 1 amide bonds. The van der Waals surface area contributed by atoms with Gasteiger partial charge in [0.15, 0.2) is 0 Å². The van der Waals surface area contributed by atoms with Crippen LogP contribution in [0.4, 0.5) is 5.82 Å². The number of halogens is 1. The van der Waals surface area contributed by atoms with Gasteiger partial charge in [0.05, 0.1) is 6.20 Å². The number of anilines is 1. The average Bonchev–Trinajstić information content (AvgIpc) is 2.73. The molecule has 0 aliphatic rings. The van der Waals surface area contributed by atoms with Crippen molar-refractivity contribution in [1.29, 1.82) is 5.26 Å². The van der Waals surface area contributed by atoms with Gasteiger partial charge in [-0.2, -0.15) is 10.4 Å². The lowest BCUT2D eigenvalue weighted by molar-refractivity contribution is 0.102. The molecule has 0 radical (unpaired) electrons. The molecule has 2 aromatic rings. The normalized spacial score (nSPS) is 10.0. The fraction of sp³-hybridized carbons (Fsp3) is 0.154. The van der Waals surface area contributed by atoms with Crippen molar-refractivity contribution in [3.63, 3.8) is 0 Å². The molecule has 0 fully saturated rings. The molecule has 0 aliphatic carbocycles. The molecule has 0 saturated carbocycles. The van der Waals surface area contributed by atoms with Crippen LogP contribution in [-0.4, -0.2) is 15.7 Å². The second-order valence-corrected chi connectivity index (χ2v) is 4.49. The van der Waals surface area contributed by atoms with Crippen LogP contribution < -0.4 is 5.32 Å². The molecule has 1 aromatic heterocycles. The molecule has 0 unspecified atom stereocenters. The van der Waals surface area contributed by atoms with Crippen molar-refractivity contribution in [3.8, 4) is 6.07 Å². The highest BCUT2D eigenvalue weighted by Gasteiger charge is 2.15. The van der Waals surface area contributed by atoms with Gasteiger partial charge in [-0.05, 0) is 24.6 Å². The van der Waals surface area contributed by atoms with E-state index in [1.165, 1.54) is 10.9 Å². The molecule has 0 spiro atoms.